The molecule has 3 aromatic carbocycles. The fourth-order valence-corrected chi connectivity index (χ4v) is 5.73. The molecule has 0 radical (unpaired) electrons. The number of fused-ring (bicyclic) bond motifs is 2. The minimum Gasteiger partial charge on any atom is -0.496 e. The van der Waals surface area contributed by atoms with Crippen LogP contribution in [0.2, 0.25) is 0 Å². The van der Waals surface area contributed by atoms with Gasteiger partial charge in [-0.25, -0.2) is 0 Å². The largest absolute Gasteiger partial charge is 0.496 e. The summed E-state index contributed by atoms with van der Waals surface area (Å²) in [7, 11) is 1.75. The highest BCUT2D eigenvalue weighted by atomic mass is 16.5. The van der Waals surface area contributed by atoms with Gasteiger partial charge in [-0.3, -0.25) is 0 Å². The summed E-state index contributed by atoms with van der Waals surface area (Å²) in [4.78, 5) is 0. The molecular weight excluding hydrogens is 448 g/mol. The number of aliphatic hydroxyl groups is 1. The van der Waals surface area contributed by atoms with Crippen molar-refractivity contribution < 1.29 is 19.3 Å². The van der Waals surface area contributed by atoms with Gasteiger partial charge in [0.1, 0.15) is 34.1 Å². The molecule has 0 fully saturated rings. The van der Waals surface area contributed by atoms with E-state index in [9.17, 15) is 5.11 Å². The van der Waals surface area contributed by atoms with Crippen LogP contribution in [0, 0.1) is 0 Å². The second-order valence-corrected chi connectivity index (χ2v) is 11.4. The lowest BCUT2D eigenvalue weighted by molar-refractivity contribution is 0.0607. The van der Waals surface area contributed by atoms with Gasteiger partial charge < -0.3 is 19.3 Å². The van der Waals surface area contributed by atoms with Gasteiger partial charge in [0.25, 0.3) is 0 Å². The average molecular weight is 487 g/mol. The Hall–Kier alpha value is -2.98. The Morgan fingerprint density at radius 1 is 0.778 bits per heavy atom. The van der Waals surface area contributed by atoms with Gasteiger partial charge >= 0.3 is 0 Å². The summed E-state index contributed by atoms with van der Waals surface area (Å²) >= 11 is 0. The summed E-state index contributed by atoms with van der Waals surface area (Å²) in [6.45, 7) is 8.56. The van der Waals surface area contributed by atoms with Crippen LogP contribution in [0.1, 0.15) is 74.8 Å². The predicted octanol–water partition coefficient (Wildman–Crippen LogP) is 6.77. The van der Waals surface area contributed by atoms with Gasteiger partial charge in [-0.2, -0.15) is 0 Å². The zero-order valence-electron chi connectivity index (χ0n) is 22.2. The van der Waals surface area contributed by atoms with Crippen molar-refractivity contribution in [1.29, 1.82) is 0 Å². The highest BCUT2D eigenvalue weighted by molar-refractivity contribution is 5.65. The molecule has 5 rings (SSSR count). The van der Waals surface area contributed by atoms with Crippen LogP contribution in [0.15, 0.2) is 60.7 Å². The van der Waals surface area contributed by atoms with Crippen molar-refractivity contribution >= 4 is 0 Å². The Bertz CT molecular complexity index is 1140. The van der Waals surface area contributed by atoms with Crippen molar-refractivity contribution in [2.75, 3.05) is 7.11 Å². The molecular formula is C32H38O4. The quantitative estimate of drug-likeness (QED) is 0.418. The van der Waals surface area contributed by atoms with Crippen LogP contribution in [0.4, 0.5) is 0 Å². The zero-order valence-corrected chi connectivity index (χ0v) is 22.2. The van der Waals surface area contributed by atoms with E-state index in [1.165, 1.54) is 0 Å². The highest BCUT2D eigenvalue weighted by Crippen LogP contribution is 2.52. The maximum atomic E-state index is 12.2. The Morgan fingerprint density at radius 2 is 1.22 bits per heavy atom. The summed E-state index contributed by atoms with van der Waals surface area (Å²) in [5, 5.41) is 12.2. The van der Waals surface area contributed by atoms with E-state index in [2.05, 4.69) is 27.7 Å². The van der Waals surface area contributed by atoms with Crippen molar-refractivity contribution in [2.24, 2.45) is 0 Å². The lowest BCUT2D eigenvalue weighted by Crippen LogP contribution is -2.37. The maximum absolute atomic E-state index is 12.2. The molecule has 0 aliphatic carbocycles. The molecule has 0 saturated carbocycles. The summed E-state index contributed by atoms with van der Waals surface area (Å²) in [6.07, 6.45) is 4.77. The first kappa shape index (κ1) is 24.7. The Labute approximate surface area is 215 Å². The van der Waals surface area contributed by atoms with Gasteiger partial charge in [-0.05, 0) is 77.3 Å². The fourth-order valence-electron chi connectivity index (χ4n) is 5.73. The average Bonchev–Trinajstić information content (AvgIpc) is 2.86. The molecule has 2 aliphatic heterocycles. The van der Waals surface area contributed by atoms with Gasteiger partial charge in [0.2, 0.25) is 0 Å². The third kappa shape index (κ3) is 4.48. The molecule has 36 heavy (non-hydrogen) atoms. The van der Waals surface area contributed by atoms with E-state index >= 15 is 0 Å². The van der Waals surface area contributed by atoms with E-state index in [-0.39, 0.29) is 11.2 Å². The number of hydrogen-bond donors (Lipinski definition) is 1. The molecule has 0 aromatic heterocycles. The molecule has 2 heterocycles. The molecule has 4 nitrogen and oxygen atoms in total. The van der Waals surface area contributed by atoms with Crippen LogP contribution in [-0.4, -0.2) is 23.4 Å². The minimum absolute atomic E-state index is 0.277. The van der Waals surface area contributed by atoms with Gasteiger partial charge in [-0.1, -0.05) is 60.7 Å². The Kier molecular flexibility index (Phi) is 6.28. The summed E-state index contributed by atoms with van der Waals surface area (Å²) in [5.41, 5.74) is 3.39. The molecule has 4 heteroatoms. The standard InChI is InChI=1S/C32H38O4/c1-30(2)19-16-24-27(34-5)25-17-20-31(3,4)36-29(25)26(28(24)35-30)18-21-32(33,22-12-8-6-9-13-22)23-14-10-7-11-15-23/h6-15,33H,16-21H2,1-5H3. The van der Waals surface area contributed by atoms with Gasteiger partial charge in [0.15, 0.2) is 0 Å². The van der Waals surface area contributed by atoms with Crippen LogP contribution >= 0.6 is 0 Å². The third-order valence-corrected chi connectivity index (χ3v) is 7.80. The monoisotopic (exact) mass is 486 g/mol. The molecule has 190 valence electrons. The topological polar surface area (TPSA) is 47.9 Å². The molecule has 0 amide bonds. The molecule has 0 spiro atoms. The van der Waals surface area contributed by atoms with E-state index in [0.717, 1.165) is 70.7 Å². The Morgan fingerprint density at radius 3 is 1.64 bits per heavy atom. The number of hydrogen-bond acceptors (Lipinski definition) is 4. The van der Waals surface area contributed by atoms with E-state index in [1.54, 1.807) is 7.11 Å². The number of benzene rings is 3. The van der Waals surface area contributed by atoms with E-state index in [0.29, 0.717) is 12.8 Å². The molecule has 0 unspecified atom stereocenters. The molecule has 1 N–H and O–H groups in total. The molecule has 0 saturated heterocycles. The van der Waals surface area contributed by atoms with Crippen molar-refractivity contribution in [1.82, 2.24) is 0 Å². The van der Waals surface area contributed by atoms with Crippen LogP contribution in [0.3, 0.4) is 0 Å². The van der Waals surface area contributed by atoms with Crippen LogP contribution in [0.25, 0.3) is 0 Å². The second kappa shape index (κ2) is 9.15. The SMILES string of the molecule is COc1c2c(c(CCC(O)(c3ccccc3)c3ccccc3)c3c1CCC(C)(C)O3)OC(C)(C)CC2. The maximum Gasteiger partial charge on any atom is 0.133 e. The van der Waals surface area contributed by atoms with E-state index in [1.807, 2.05) is 60.7 Å². The van der Waals surface area contributed by atoms with Crippen molar-refractivity contribution in [3.05, 3.63) is 88.5 Å². The molecule has 3 aromatic rings. The fraction of sp³-hybridized carbons (Fsp3) is 0.438. The summed E-state index contributed by atoms with van der Waals surface area (Å²) in [5.74, 6) is 2.67. The third-order valence-electron chi connectivity index (χ3n) is 7.80. The smallest absolute Gasteiger partial charge is 0.133 e. The van der Waals surface area contributed by atoms with E-state index in [4.69, 9.17) is 14.2 Å². The normalized spacial score (nSPS) is 17.8. The van der Waals surface area contributed by atoms with Crippen LogP contribution < -0.4 is 14.2 Å². The van der Waals surface area contributed by atoms with E-state index < -0.39 is 5.60 Å². The molecule has 0 bridgehead atoms. The summed E-state index contributed by atoms with van der Waals surface area (Å²) < 4.78 is 19.3. The number of ether oxygens (including phenoxy) is 3. The Balaban J connectivity index is 1.64. The summed E-state index contributed by atoms with van der Waals surface area (Å²) in [6, 6.07) is 19.9. The second-order valence-electron chi connectivity index (χ2n) is 11.4. The highest BCUT2D eigenvalue weighted by Gasteiger charge is 2.40. The minimum atomic E-state index is -1.14. The molecule has 0 atom stereocenters. The van der Waals surface area contributed by atoms with Crippen molar-refractivity contribution in [3.63, 3.8) is 0 Å². The van der Waals surface area contributed by atoms with Crippen molar-refractivity contribution in [2.45, 2.75) is 83.0 Å². The van der Waals surface area contributed by atoms with Gasteiger partial charge in [0, 0.05) is 16.7 Å². The first-order valence-electron chi connectivity index (χ1n) is 13.1. The van der Waals surface area contributed by atoms with Crippen LogP contribution in [-0.2, 0) is 24.9 Å². The van der Waals surface area contributed by atoms with Crippen LogP contribution in [0.5, 0.6) is 17.2 Å². The first-order valence-corrected chi connectivity index (χ1v) is 13.1. The van der Waals surface area contributed by atoms with Gasteiger partial charge in [-0.15, -0.1) is 0 Å². The lowest BCUT2D eigenvalue weighted by Gasteiger charge is -2.40. The number of methoxy groups -OCH3 is 1. The number of rotatable bonds is 6. The van der Waals surface area contributed by atoms with Gasteiger partial charge in [0.05, 0.1) is 7.11 Å². The first-order chi connectivity index (χ1) is 17.1. The lowest BCUT2D eigenvalue weighted by atomic mass is 9.79. The predicted molar refractivity (Wildman–Crippen MR) is 143 cm³/mol. The zero-order chi connectivity index (χ0) is 25.6. The van der Waals surface area contributed by atoms with Crippen molar-refractivity contribution in [3.8, 4) is 17.2 Å². The molecule has 2 aliphatic rings.